The predicted octanol–water partition coefficient (Wildman–Crippen LogP) is 4.18. The van der Waals surface area contributed by atoms with Crippen LogP contribution in [-0.4, -0.2) is 23.0 Å². The molecule has 0 fully saturated rings. The summed E-state index contributed by atoms with van der Waals surface area (Å²) in [7, 11) is 1.46. The maximum atomic E-state index is 12.5. The van der Waals surface area contributed by atoms with Crippen LogP contribution in [0, 0.1) is 13.8 Å². The van der Waals surface area contributed by atoms with E-state index in [0.29, 0.717) is 21.0 Å². The summed E-state index contributed by atoms with van der Waals surface area (Å²) in [6.45, 7) is 5.47. The van der Waals surface area contributed by atoms with Gasteiger partial charge in [-0.15, -0.1) is 11.3 Å². The molecule has 3 rings (SSSR count). The third-order valence-corrected chi connectivity index (χ3v) is 5.44. The first-order chi connectivity index (χ1) is 12.3. The lowest BCUT2D eigenvalue weighted by Crippen LogP contribution is -2.17. The molecule has 0 saturated carbocycles. The number of aromatic nitrogens is 2. The Morgan fingerprint density at radius 1 is 1.35 bits per heavy atom. The number of ether oxygens (including phenoxy) is 2. The van der Waals surface area contributed by atoms with Gasteiger partial charge in [0.15, 0.2) is 11.9 Å². The zero-order valence-corrected chi connectivity index (χ0v) is 16.2. The number of nitrogens with zero attached hydrogens (tertiary/aromatic N) is 1. The van der Waals surface area contributed by atoms with Crippen LogP contribution in [0.2, 0.25) is 5.02 Å². The van der Waals surface area contributed by atoms with Crippen molar-refractivity contribution in [1.82, 2.24) is 9.97 Å². The molecule has 2 aromatic heterocycles. The Morgan fingerprint density at radius 3 is 2.77 bits per heavy atom. The summed E-state index contributed by atoms with van der Waals surface area (Å²) in [4.78, 5) is 33.7. The number of benzene rings is 1. The largest absolute Gasteiger partial charge is 0.496 e. The van der Waals surface area contributed by atoms with Crippen LogP contribution >= 0.6 is 22.9 Å². The Labute approximate surface area is 158 Å². The van der Waals surface area contributed by atoms with E-state index in [9.17, 15) is 9.59 Å². The number of hydrogen-bond acceptors (Lipinski definition) is 6. The van der Waals surface area contributed by atoms with Gasteiger partial charge < -0.3 is 14.5 Å². The normalized spacial score (nSPS) is 12.2. The van der Waals surface area contributed by atoms with Gasteiger partial charge in [-0.25, -0.2) is 9.78 Å². The van der Waals surface area contributed by atoms with Gasteiger partial charge in [0.1, 0.15) is 16.1 Å². The number of halogens is 1. The summed E-state index contributed by atoms with van der Waals surface area (Å²) in [6, 6.07) is 4.68. The molecule has 0 aliphatic rings. The molecule has 3 aromatic rings. The maximum Gasteiger partial charge on any atom is 0.342 e. The van der Waals surface area contributed by atoms with E-state index in [2.05, 4.69) is 9.97 Å². The third-order valence-electron chi connectivity index (χ3n) is 4.11. The molecule has 0 aliphatic heterocycles. The number of methoxy groups -OCH3 is 1. The fraction of sp³-hybridized carbons (Fsp3) is 0.278. The lowest BCUT2D eigenvalue weighted by Gasteiger charge is -2.14. The van der Waals surface area contributed by atoms with E-state index in [1.807, 2.05) is 13.8 Å². The minimum absolute atomic E-state index is 0.207. The van der Waals surface area contributed by atoms with Gasteiger partial charge >= 0.3 is 5.97 Å². The molecule has 136 valence electrons. The summed E-state index contributed by atoms with van der Waals surface area (Å²) < 4.78 is 10.6. The number of nitrogens with one attached hydrogen (secondary N) is 1. The average molecular weight is 393 g/mol. The fourth-order valence-electron chi connectivity index (χ4n) is 2.58. The van der Waals surface area contributed by atoms with Crippen molar-refractivity contribution in [3.05, 3.63) is 55.4 Å². The van der Waals surface area contributed by atoms with Gasteiger partial charge in [-0.3, -0.25) is 4.79 Å². The number of thiophene rings is 1. The highest BCUT2D eigenvalue weighted by molar-refractivity contribution is 7.18. The van der Waals surface area contributed by atoms with E-state index in [0.717, 1.165) is 10.4 Å². The second kappa shape index (κ2) is 7.09. The molecule has 0 spiro atoms. The Balaban J connectivity index is 1.92. The van der Waals surface area contributed by atoms with Gasteiger partial charge in [-0.2, -0.15) is 0 Å². The first-order valence-corrected chi connectivity index (χ1v) is 9.05. The van der Waals surface area contributed by atoms with Crippen molar-refractivity contribution in [2.45, 2.75) is 26.9 Å². The van der Waals surface area contributed by atoms with Crippen LogP contribution in [0.1, 0.15) is 39.7 Å². The number of carbonyl (C=O) groups is 1. The van der Waals surface area contributed by atoms with Crippen molar-refractivity contribution >= 4 is 39.1 Å². The molecule has 2 heterocycles. The number of rotatable bonds is 4. The number of aromatic amines is 1. The van der Waals surface area contributed by atoms with Crippen molar-refractivity contribution in [2.24, 2.45) is 0 Å². The molecule has 0 bridgehead atoms. The standard InChI is InChI=1S/C18H17ClN2O4S/c1-8-10(3)26-17-14(8)16(22)20-15(21-17)9(2)25-18(23)12-7-11(19)5-6-13(12)24-4/h5-7,9H,1-4H3,(H,20,21,22)/t9-/m0/s1. The first kappa shape index (κ1) is 18.4. The molecule has 1 atom stereocenters. The lowest BCUT2D eigenvalue weighted by molar-refractivity contribution is 0.0316. The van der Waals surface area contributed by atoms with Gasteiger partial charge in [-0.05, 0) is 44.5 Å². The third kappa shape index (κ3) is 3.32. The minimum atomic E-state index is -0.744. The summed E-state index contributed by atoms with van der Waals surface area (Å²) in [5.41, 5.74) is 0.881. The molecule has 0 aliphatic carbocycles. The molecule has 6 nitrogen and oxygen atoms in total. The SMILES string of the molecule is COc1ccc(Cl)cc1C(=O)O[C@@H](C)c1nc2sc(C)c(C)c2c(=O)[nH]1. The molecular weight excluding hydrogens is 376 g/mol. The zero-order chi connectivity index (χ0) is 19.0. The average Bonchev–Trinajstić information content (AvgIpc) is 2.89. The molecule has 0 saturated heterocycles. The second-order valence-corrected chi connectivity index (χ2v) is 7.45. The molecule has 1 aromatic carbocycles. The summed E-state index contributed by atoms with van der Waals surface area (Å²) >= 11 is 7.39. The fourth-order valence-corrected chi connectivity index (χ4v) is 3.79. The van der Waals surface area contributed by atoms with Crippen LogP contribution < -0.4 is 10.3 Å². The minimum Gasteiger partial charge on any atom is -0.496 e. The molecule has 26 heavy (non-hydrogen) atoms. The van der Waals surface area contributed by atoms with Gasteiger partial charge in [0.25, 0.3) is 5.56 Å². The van der Waals surface area contributed by atoms with Crippen LogP contribution in [0.5, 0.6) is 5.75 Å². The molecule has 0 unspecified atom stereocenters. The smallest absolute Gasteiger partial charge is 0.342 e. The van der Waals surface area contributed by atoms with E-state index in [1.165, 1.54) is 24.5 Å². The molecule has 8 heteroatoms. The molecule has 1 N–H and O–H groups in total. The van der Waals surface area contributed by atoms with Crippen molar-refractivity contribution in [1.29, 1.82) is 0 Å². The van der Waals surface area contributed by atoms with E-state index in [4.69, 9.17) is 21.1 Å². The number of H-pyrrole nitrogens is 1. The summed E-state index contributed by atoms with van der Waals surface area (Å²) in [5, 5.41) is 0.967. The van der Waals surface area contributed by atoms with Crippen molar-refractivity contribution in [3.8, 4) is 5.75 Å². The summed E-state index contributed by atoms with van der Waals surface area (Å²) in [6.07, 6.45) is -0.744. The van der Waals surface area contributed by atoms with Crippen LogP contribution in [0.3, 0.4) is 0 Å². The van der Waals surface area contributed by atoms with E-state index in [1.54, 1.807) is 19.1 Å². The highest BCUT2D eigenvalue weighted by atomic mass is 35.5. The van der Waals surface area contributed by atoms with Crippen molar-refractivity contribution < 1.29 is 14.3 Å². The predicted molar refractivity (Wildman–Crippen MR) is 102 cm³/mol. The van der Waals surface area contributed by atoms with Crippen molar-refractivity contribution in [2.75, 3.05) is 7.11 Å². The first-order valence-electron chi connectivity index (χ1n) is 7.86. The van der Waals surface area contributed by atoms with Crippen LogP contribution in [0.4, 0.5) is 0 Å². The zero-order valence-electron chi connectivity index (χ0n) is 14.7. The van der Waals surface area contributed by atoms with E-state index < -0.39 is 12.1 Å². The lowest BCUT2D eigenvalue weighted by atomic mass is 10.2. The van der Waals surface area contributed by atoms with Gasteiger partial charge in [0.2, 0.25) is 0 Å². The molecule has 0 radical (unpaired) electrons. The number of hydrogen-bond donors (Lipinski definition) is 1. The highest BCUT2D eigenvalue weighted by Gasteiger charge is 2.21. The second-order valence-electron chi connectivity index (χ2n) is 5.81. The quantitative estimate of drug-likeness (QED) is 0.673. The van der Waals surface area contributed by atoms with E-state index in [-0.39, 0.29) is 16.9 Å². The van der Waals surface area contributed by atoms with Gasteiger partial charge in [0.05, 0.1) is 12.5 Å². The van der Waals surface area contributed by atoms with Crippen molar-refractivity contribution in [3.63, 3.8) is 0 Å². The maximum absolute atomic E-state index is 12.5. The Kier molecular flexibility index (Phi) is 5.02. The number of aryl methyl sites for hydroxylation is 2. The Hall–Kier alpha value is -2.38. The Bertz CT molecular complexity index is 1060. The van der Waals surface area contributed by atoms with Gasteiger partial charge in [0, 0.05) is 9.90 Å². The number of fused-ring (bicyclic) bond motifs is 1. The van der Waals surface area contributed by atoms with E-state index >= 15 is 0 Å². The molecular formula is C18H17ClN2O4S. The number of carbonyl (C=O) groups excluding carboxylic acids is 1. The Morgan fingerprint density at radius 2 is 2.08 bits per heavy atom. The van der Waals surface area contributed by atoms with Crippen LogP contribution in [-0.2, 0) is 4.74 Å². The van der Waals surface area contributed by atoms with Crippen LogP contribution in [0.25, 0.3) is 10.2 Å². The summed E-state index contributed by atoms with van der Waals surface area (Å²) in [5.74, 6) is 0.0317. The number of esters is 1. The monoisotopic (exact) mass is 392 g/mol. The topological polar surface area (TPSA) is 81.3 Å². The van der Waals surface area contributed by atoms with Crippen LogP contribution in [0.15, 0.2) is 23.0 Å². The van der Waals surface area contributed by atoms with Gasteiger partial charge in [-0.1, -0.05) is 11.6 Å². The molecule has 0 amide bonds. The highest BCUT2D eigenvalue weighted by Crippen LogP contribution is 2.28.